The molecule has 0 radical (unpaired) electrons. The molecule has 1 saturated carbocycles. The maximum atomic E-state index is 4.59. The second-order valence-electron chi connectivity index (χ2n) is 8.56. The zero-order valence-electron chi connectivity index (χ0n) is 16.2. The number of guanidine groups is 1. The van der Waals surface area contributed by atoms with E-state index >= 15 is 0 Å². The molecule has 4 rings (SSSR count). The lowest BCUT2D eigenvalue weighted by molar-refractivity contribution is 0.163. The van der Waals surface area contributed by atoms with Crippen LogP contribution in [0.25, 0.3) is 0 Å². The third-order valence-electron chi connectivity index (χ3n) is 7.00. The highest BCUT2D eigenvalue weighted by atomic mass is 127. The maximum Gasteiger partial charge on any atom is 0.193 e. The van der Waals surface area contributed by atoms with E-state index in [9.17, 15) is 0 Å². The van der Waals surface area contributed by atoms with Crippen LogP contribution in [-0.2, 0) is 0 Å². The largest absolute Gasteiger partial charge is 0.355 e. The smallest absolute Gasteiger partial charge is 0.193 e. The molecule has 0 aromatic rings. The lowest BCUT2D eigenvalue weighted by atomic mass is 9.90. The summed E-state index contributed by atoms with van der Waals surface area (Å²) in [7, 11) is 4.21. The minimum absolute atomic E-state index is 0. The number of halogens is 1. The van der Waals surface area contributed by atoms with E-state index in [0.29, 0.717) is 6.04 Å². The lowest BCUT2D eigenvalue weighted by Crippen LogP contribution is -2.48. The summed E-state index contributed by atoms with van der Waals surface area (Å²) in [5.74, 6) is 2.86. The number of hydrogen-bond donors (Lipinski definition) is 1. The molecule has 4 unspecified atom stereocenters. The van der Waals surface area contributed by atoms with Gasteiger partial charge in [-0.05, 0) is 58.0 Å². The Kier molecular flexibility index (Phi) is 6.53. The van der Waals surface area contributed by atoms with Gasteiger partial charge in [0.05, 0.1) is 0 Å². The molecule has 25 heavy (non-hydrogen) atoms. The van der Waals surface area contributed by atoms with Crippen LogP contribution in [0, 0.1) is 11.8 Å². The van der Waals surface area contributed by atoms with Gasteiger partial charge in [-0.2, -0.15) is 0 Å². The van der Waals surface area contributed by atoms with Crippen LogP contribution in [0.4, 0.5) is 0 Å². The average molecular weight is 461 g/mol. The molecule has 4 atom stereocenters. The summed E-state index contributed by atoms with van der Waals surface area (Å²) in [4.78, 5) is 12.4. The number of rotatable bonds is 4. The Morgan fingerprint density at radius 2 is 2.00 bits per heavy atom. The second kappa shape index (κ2) is 8.30. The predicted octanol–water partition coefficient (Wildman–Crippen LogP) is 2.08. The highest BCUT2D eigenvalue weighted by molar-refractivity contribution is 14.0. The van der Waals surface area contributed by atoms with E-state index in [1.807, 2.05) is 7.05 Å². The number of hydrogen-bond acceptors (Lipinski definition) is 3. The van der Waals surface area contributed by atoms with E-state index in [4.69, 9.17) is 0 Å². The number of likely N-dealkylation sites (tertiary alicyclic amines) is 1. The highest BCUT2D eigenvalue weighted by Gasteiger charge is 2.47. The molecular weight excluding hydrogens is 425 g/mol. The number of piperidine rings is 1. The molecule has 3 aliphatic heterocycles. The molecule has 0 bridgehead atoms. The molecule has 144 valence electrons. The summed E-state index contributed by atoms with van der Waals surface area (Å²) in [6.07, 6.45) is 7.02. The first-order chi connectivity index (χ1) is 11.7. The van der Waals surface area contributed by atoms with Crippen molar-refractivity contribution in [3.8, 4) is 0 Å². The summed E-state index contributed by atoms with van der Waals surface area (Å²) >= 11 is 0. The summed E-state index contributed by atoms with van der Waals surface area (Å²) in [6, 6.07) is 2.25. The first-order valence-electron chi connectivity index (χ1n) is 10.1. The van der Waals surface area contributed by atoms with Crippen LogP contribution in [0.5, 0.6) is 0 Å². The molecule has 0 aromatic heterocycles. The fraction of sp³-hybridized carbons (Fsp3) is 0.947. The number of nitrogens with one attached hydrogen (secondary N) is 1. The van der Waals surface area contributed by atoms with Crippen LogP contribution in [0.1, 0.15) is 39.0 Å². The zero-order valence-corrected chi connectivity index (χ0v) is 18.5. The van der Waals surface area contributed by atoms with Crippen LogP contribution >= 0.6 is 24.0 Å². The van der Waals surface area contributed by atoms with Gasteiger partial charge in [-0.1, -0.05) is 6.42 Å². The van der Waals surface area contributed by atoms with Gasteiger partial charge < -0.3 is 10.2 Å². The van der Waals surface area contributed by atoms with Crippen molar-refractivity contribution in [2.45, 2.75) is 57.2 Å². The SMILES string of the molecule is CN=C(NCC(C)N(C)C1CC1)N1CC2CN3CCCCC3C2C1.I. The van der Waals surface area contributed by atoms with Crippen LogP contribution in [0.3, 0.4) is 0 Å². The van der Waals surface area contributed by atoms with Crippen molar-refractivity contribution in [3.63, 3.8) is 0 Å². The minimum atomic E-state index is 0. The van der Waals surface area contributed by atoms with Gasteiger partial charge in [-0.3, -0.25) is 14.8 Å². The maximum absolute atomic E-state index is 4.59. The second-order valence-corrected chi connectivity index (χ2v) is 8.56. The molecule has 4 aliphatic rings. The van der Waals surface area contributed by atoms with Gasteiger partial charge in [0.25, 0.3) is 0 Å². The van der Waals surface area contributed by atoms with Crippen LogP contribution in [0.15, 0.2) is 4.99 Å². The summed E-state index contributed by atoms with van der Waals surface area (Å²) in [5, 5.41) is 3.66. The Morgan fingerprint density at radius 1 is 1.20 bits per heavy atom. The summed E-state index contributed by atoms with van der Waals surface area (Å²) in [5.41, 5.74) is 0. The number of aliphatic imine (C=N–C) groups is 1. The van der Waals surface area contributed by atoms with E-state index in [-0.39, 0.29) is 24.0 Å². The molecule has 3 heterocycles. The van der Waals surface area contributed by atoms with Gasteiger partial charge in [0.1, 0.15) is 0 Å². The van der Waals surface area contributed by atoms with Crippen molar-refractivity contribution in [2.24, 2.45) is 16.8 Å². The molecular formula is C19H36IN5. The molecule has 3 saturated heterocycles. The van der Waals surface area contributed by atoms with E-state index in [2.05, 4.69) is 39.0 Å². The first kappa shape index (κ1) is 19.7. The average Bonchev–Trinajstić information content (AvgIpc) is 3.27. The fourth-order valence-electron chi connectivity index (χ4n) is 5.28. The van der Waals surface area contributed by atoms with Crippen molar-refractivity contribution in [1.82, 2.24) is 20.0 Å². The molecule has 5 nitrogen and oxygen atoms in total. The Labute approximate surface area is 170 Å². The predicted molar refractivity (Wildman–Crippen MR) is 115 cm³/mol. The molecule has 4 fully saturated rings. The van der Waals surface area contributed by atoms with Gasteiger partial charge in [-0.25, -0.2) is 0 Å². The monoisotopic (exact) mass is 461 g/mol. The molecule has 6 heteroatoms. The van der Waals surface area contributed by atoms with E-state index < -0.39 is 0 Å². The highest BCUT2D eigenvalue weighted by Crippen LogP contribution is 2.40. The molecule has 0 aromatic carbocycles. The number of likely N-dealkylation sites (N-methyl/N-ethyl adjacent to an activating group) is 1. The Morgan fingerprint density at radius 3 is 2.72 bits per heavy atom. The topological polar surface area (TPSA) is 34.1 Å². The Hall–Kier alpha value is -0.0800. The minimum Gasteiger partial charge on any atom is -0.355 e. The van der Waals surface area contributed by atoms with E-state index in [0.717, 1.165) is 36.4 Å². The van der Waals surface area contributed by atoms with Crippen molar-refractivity contribution in [1.29, 1.82) is 0 Å². The standard InChI is InChI=1S/C19H35N5.HI/c1-14(22(3)16-7-8-16)10-21-19(20-2)24-12-15-11-23-9-5-4-6-18(23)17(15)13-24;/h14-18H,4-13H2,1-3H3,(H,20,21);1H. The molecule has 1 aliphatic carbocycles. The Bertz CT molecular complexity index is 480. The lowest BCUT2D eigenvalue weighted by Gasteiger charge is -2.34. The van der Waals surface area contributed by atoms with Crippen LogP contribution < -0.4 is 5.32 Å². The first-order valence-corrected chi connectivity index (χ1v) is 10.1. The molecule has 0 spiro atoms. The third kappa shape index (κ3) is 4.10. The van der Waals surface area contributed by atoms with Crippen LogP contribution in [-0.4, -0.2) is 85.6 Å². The number of nitrogens with zero attached hydrogens (tertiary/aromatic N) is 4. The van der Waals surface area contributed by atoms with Crippen LogP contribution in [0.2, 0.25) is 0 Å². The van der Waals surface area contributed by atoms with Crippen molar-refractivity contribution in [2.75, 3.05) is 46.8 Å². The van der Waals surface area contributed by atoms with Crippen molar-refractivity contribution < 1.29 is 0 Å². The Balaban J connectivity index is 0.00000182. The summed E-state index contributed by atoms with van der Waals surface area (Å²) < 4.78 is 0. The van der Waals surface area contributed by atoms with Gasteiger partial charge in [0, 0.05) is 51.4 Å². The van der Waals surface area contributed by atoms with E-state index in [1.165, 1.54) is 58.3 Å². The normalized spacial score (nSPS) is 33.8. The fourth-order valence-corrected chi connectivity index (χ4v) is 5.28. The van der Waals surface area contributed by atoms with Crippen molar-refractivity contribution in [3.05, 3.63) is 0 Å². The van der Waals surface area contributed by atoms with Gasteiger partial charge >= 0.3 is 0 Å². The zero-order chi connectivity index (χ0) is 16.7. The van der Waals surface area contributed by atoms with E-state index in [1.54, 1.807) is 0 Å². The summed E-state index contributed by atoms with van der Waals surface area (Å²) in [6.45, 7) is 8.40. The quantitative estimate of drug-likeness (QED) is 0.395. The van der Waals surface area contributed by atoms with Crippen molar-refractivity contribution >= 4 is 29.9 Å². The third-order valence-corrected chi connectivity index (χ3v) is 7.00. The van der Waals surface area contributed by atoms with Gasteiger partial charge in [-0.15, -0.1) is 24.0 Å². The molecule has 1 N–H and O–H groups in total. The number of fused-ring (bicyclic) bond motifs is 3. The van der Waals surface area contributed by atoms with Gasteiger partial charge in [0.2, 0.25) is 0 Å². The molecule has 0 amide bonds. The van der Waals surface area contributed by atoms with Gasteiger partial charge in [0.15, 0.2) is 5.96 Å².